The van der Waals surface area contributed by atoms with Gasteiger partial charge in [0.05, 0.1) is 0 Å². The minimum absolute atomic E-state index is 0.832. The first-order valence-corrected chi connectivity index (χ1v) is 5.60. The van der Waals surface area contributed by atoms with Gasteiger partial charge < -0.3 is 10.2 Å². The third kappa shape index (κ3) is 6.05. The van der Waals surface area contributed by atoms with E-state index in [1.54, 1.807) is 0 Å². The van der Waals surface area contributed by atoms with Gasteiger partial charge in [-0.2, -0.15) is 0 Å². The van der Waals surface area contributed by atoms with Crippen molar-refractivity contribution in [2.45, 2.75) is 39.2 Å². The summed E-state index contributed by atoms with van der Waals surface area (Å²) in [7, 11) is 2.22. The van der Waals surface area contributed by atoms with Crippen LogP contribution in [0.4, 0.5) is 0 Å². The van der Waals surface area contributed by atoms with E-state index < -0.39 is 0 Å². The van der Waals surface area contributed by atoms with E-state index >= 15 is 0 Å². The summed E-state index contributed by atoms with van der Waals surface area (Å²) < 4.78 is 0. The zero-order valence-corrected chi connectivity index (χ0v) is 9.34. The summed E-state index contributed by atoms with van der Waals surface area (Å²) in [5.41, 5.74) is 0. The first kappa shape index (κ1) is 11.0. The lowest BCUT2D eigenvalue weighted by molar-refractivity contribution is 0.308. The minimum atomic E-state index is 0.832. The molecule has 0 aliphatic heterocycles. The SMILES string of the molecule is CC(C)CCN(C)CCNC1CC1. The van der Waals surface area contributed by atoms with Gasteiger partial charge in [0.25, 0.3) is 0 Å². The maximum Gasteiger partial charge on any atom is 0.0104 e. The van der Waals surface area contributed by atoms with Crippen LogP contribution in [0, 0.1) is 5.92 Å². The first-order chi connectivity index (χ1) is 6.18. The van der Waals surface area contributed by atoms with Gasteiger partial charge in [-0.1, -0.05) is 13.8 Å². The lowest BCUT2D eigenvalue weighted by atomic mass is 10.1. The van der Waals surface area contributed by atoms with Crippen molar-refractivity contribution in [3.8, 4) is 0 Å². The molecule has 1 N–H and O–H groups in total. The molecule has 78 valence electrons. The molecule has 1 rings (SSSR count). The van der Waals surface area contributed by atoms with Crippen LogP contribution in [0.1, 0.15) is 33.1 Å². The van der Waals surface area contributed by atoms with Gasteiger partial charge in [0.2, 0.25) is 0 Å². The highest BCUT2D eigenvalue weighted by Gasteiger charge is 2.19. The highest BCUT2D eigenvalue weighted by molar-refractivity contribution is 4.80. The van der Waals surface area contributed by atoms with Crippen LogP contribution in [-0.2, 0) is 0 Å². The minimum Gasteiger partial charge on any atom is -0.313 e. The highest BCUT2D eigenvalue weighted by atomic mass is 15.1. The van der Waals surface area contributed by atoms with Crippen molar-refractivity contribution in [2.24, 2.45) is 5.92 Å². The van der Waals surface area contributed by atoms with Crippen LogP contribution in [0.2, 0.25) is 0 Å². The molecule has 13 heavy (non-hydrogen) atoms. The van der Waals surface area contributed by atoms with Gasteiger partial charge in [0, 0.05) is 19.1 Å². The molecule has 0 aromatic carbocycles. The third-order valence-electron chi connectivity index (χ3n) is 2.59. The maximum atomic E-state index is 3.53. The van der Waals surface area contributed by atoms with E-state index in [1.807, 2.05) is 0 Å². The predicted molar refractivity (Wildman–Crippen MR) is 58.0 cm³/mol. The van der Waals surface area contributed by atoms with Crippen molar-refractivity contribution in [1.82, 2.24) is 10.2 Å². The van der Waals surface area contributed by atoms with Crippen LogP contribution in [0.3, 0.4) is 0 Å². The zero-order valence-electron chi connectivity index (χ0n) is 9.34. The smallest absolute Gasteiger partial charge is 0.0104 e. The Bertz CT molecular complexity index is 130. The molecule has 0 unspecified atom stereocenters. The molecule has 0 atom stereocenters. The Hall–Kier alpha value is -0.0800. The number of nitrogens with zero attached hydrogens (tertiary/aromatic N) is 1. The van der Waals surface area contributed by atoms with Crippen LogP contribution in [-0.4, -0.2) is 37.6 Å². The van der Waals surface area contributed by atoms with Crippen molar-refractivity contribution in [3.63, 3.8) is 0 Å². The molecule has 0 bridgehead atoms. The summed E-state index contributed by atoms with van der Waals surface area (Å²) in [5, 5.41) is 3.53. The van der Waals surface area contributed by atoms with E-state index in [-0.39, 0.29) is 0 Å². The molecule has 1 aliphatic rings. The number of nitrogens with one attached hydrogen (secondary N) is 1. The molecule has 0 aromatic heterocycles. The van der Waals surface area contributed by atoms with Crippen molar-refractivity contribution in [3.05, 3.63) is 0 Å². The van der Waals surface area contributed by atoms with E-state index in [0.29, 0.717) is 0 Å². The quantitative estimate of drug-likeness (QED) is 0.648. The van der Waals surface area contributed by atoms with Gasteiger partial charge >= 0.3 is 0 Å². The molecular formula is C11H24N2. The molecule has 2 heteroatoms. The number of rotatable bonds is 7. The van der Waals surface area contributed by atoms with E-state index in [9.17, 15) is 0 Å². The number of hydrogen-bond donors (Lipinski definition) is 1. The molecule has 0 heterocycles. The number of likely N-dealkylation sites (N-methyl/N-ethyl adjacent to an activating group) is 1. The summed E-state index contributed by atoms with van der Waals surface area (Å²) in [6.07, 6.45) is 4.12. The van der Waals surface area contributed by atoms with Crippen molar-refractivity contribution in [2.75, 3.05) is 26.7 Å². The lowest BCUT2D eigenvalue weighted by Crippen LogP contribution is -2.31. The normalized spacial score (nSPS) is 17.3. The van der Waals surface area contributed by atoms with Crippen molar-refractivity contribution in [1.29, 1.82) is 0 Å². The van der Waals surface area contributed by atoms with Crippen LogP contribution in [0.25, 0.3) is 0 Å². The van der Waals surface area contributed by atoms with Crippen LogP contribution in [0.15, 0.2) is 0 Å². The summed E-state index contributed by atoms with van der Waals surface area (Å²) >= 11 is 0. The van der Waals surface area contributed by atoms with E-state index in [1.165, 1.54) is 38.9 Å². The van der Waals surface area contributed by atoms with Crippen LogP contribution < -0.4 is 5.32 Å². The zero-order chi connectivity index (χ0) is 9.68. The summed E-state index contributed by atoms with van der Waals surface area (Å²) in [6.45, 7) is 8.18. The average Bonchev–Trinajstić information content (AvgIpc) is 2.84. The van der Waals surface area contributed by atoms with Crippen LogP contribution >= 0.6 is 0 Å². The largest absolute Gasteiger partial charge is 0.313 e. The Morgan fingerprint density at radius 3 is 2.54 bits per heavy atom. The Morgan fingerprint density at radius 1 is 1.31 bits per heavy atom. The van der Waals surface area contributed by atoms with Gasteiger partial charge in [0.1, 0.15) is 0 Å². The van der Waals surface area contributed by atoms with Crippen molar-refractivity contribution < 1.29 is 0 Å². The lowest BCUT2D eigenvalue weighted by Gasteiger charge is -2.17. The summed E-state index contributed by atoms with van der Waals surface area (Å²) in [4.78, 5) is 2.43. The molecule has 1 aliphatic carbocycles. The Balaban J connectivity index is 1.87. The van der Waals surface area contributed by atoms with Crippen molar-refractivity contribution >= 4 is 0 Å². The predicted octanol–water partition coefficient (Wildman–Crippen LogP) is 1.72. The molecule has 0 radical (unpaired) electrons. The fourth-order valence-corrected chi connectivity index (χ4v) is 1.34. The van der Waals surface area contributed by atoms with E-state index in [0.717, 1.165) is 12.0 Å². The molecule has 2 nitrogen and oxygen atoms in total. The molecule has 1 saturated carbocycles. The van der Waals surface area contributed by atoms with Gasteiger partial charge in [-0.25, -0.2) is 0 Å². The van der Waals surface area contributed by atoms with Gasteiger partial charge in [-0.05, 0) is 38.8 Å². The topological polar surface area (TPSA) is 15.3 Å². The van der Waals surface area contributed by atoms with Gasteiger partial charge in [0.15, 0.2) is 0 Å². The summed E-state index contributed by atoms with van der Waals surface area (Å²) in [5.74, 6) is 0.832. The molecule has 0 spiro atoms. The Morgan fingerprint density at radius 2 is 2.00 bits per heavy atom. The van der Waals surface area contributed by atoms with E-state index in [4.69, 9.17) is 0 Å². The monoisotopic (exact) mass is 184 g/mol. The maximum absolute atomic E-state index is 3.53. The molecule has 1 fully saturated rings. The average molecular weight is 184 g/mol. The molecule has 0 amide bonds. The summed E-state index contributed by atoms with van der Waals surface area (Å²) in [6, 6.07) is 0.860. The Kier molecular flexibility index (Phi) is 4.74. The molecular weight excluding hydrogens is 160 g/mol. The van der Waals surface area contributed by atoms with Crippen LogP contribution in [0.5, 0.6) is 0 Å². The van der Waals surface area contributed by atoms with Gasteiger partial charge in [-0.15, -0.1) is 0 Å². The Labute approximate surface area is 82.7 Å². The highest BCUT2D eigenvalue weighted by Crippen LogP contribution is 2.17. The standard InChI is InChI=1S/C11H24N2/c1-10(2)6-8-13(3)9-7-12-11-4-5-11/h10-12H,4-9H2,1-3H3. The fraction of sp³-hybridized carbons (Fsp3) is 1.00. The first-order valence-electron chi connectivity index (χ1n) is 5.60. The second-order valence-corrected chi connectivity index (χ2v) is 4.71. The fourth-order valence-electron chi connectivity index (χ4n) is 1.34. The van der Waals surface area contributed by atoms with E-state index in [2.05, 4.69) is 31.1 Å². The van der Waals surface area contributed by atoms with Gasteiger partial charge in [-0.3, -0.25) is 0 Å². The second-order valence-electron chi connectivity index (χ2n) is 4.71. The number of hydrogen-bond acceptors (Lipinski definition) is 2. The second kappa shape index (κ2) is 5.61. The molecule has 0 aromatic rings. The third-order valence-corrected chi connectivity index (χ3v) is 2.59. The molecule has 0 saturated heterocycles.